The van der Waals surface area contributed by atoms with Gasteiger partial charge in [0, 0.05) is 13.1 Å². The molecule has 2 rings (SSSR count). The number of nitrogen functional groups attached to an aromatic ring is 1. The second kappa shape index (κ2) is 6.25. The summed E-state index contributed by atoms with van der Waals surface area (Å²) in [5, 5.41) is 7.85. The van der Waals surface area contributed by atoms with E-state index in [9.17, 15) is 9.59 Å². The molecule has 1 saturated heterocycles. The van der Waals surface area contributed by atoms with Gasteiger partial charge in [0.25, 0.3) is 5.56 Å². The highest BCUT2D eigenvalue weighted by Crippen LogP contribution is 2.18. The van der Waals surface area contributed by atoms with Gasteiger partial charge in [-0.25, -0.2) is 0 Å². The van der Waals surface area contributed by atoms with Gasteiger partial charge in [-0.05, 0) is 25.7 Å². The molecule has 0 aliphatic carbocycles. The Morgan fingerprint density at radius 3 is 2.95 bits per heavy atom. The van der Waals surface area contributed by atoms with Crippen molar-refractivity contribution in [3.05, 3.63) is 16.0 Å². The number of carbonyl (C=O) groups is 1. The molecule has 8 heteroatoms. The van der Waals surface area contributed by atoms with E-state index in [4.69, 9.17) is 5.84 Å². The number of amides is 1. The van der Waals surface area contributed by atoms with E-state index in [0.29, 0.717) is 5.92 Å². The molecule has 1 aliphatic rings. The number of piperidine rings is 1. The molecular formula is C12H19N5O2S. The first kappa shape index (κ1) is 14.8. The van der Waals surface area contributed by atoms with Crippen molar-refractivity contribution in [1.29, 1.82) is 0 Å². The number of aryl methyl sites for hydroxylation is 1. The topological polar surface area (TPSA) is 94.1 Å². The van der Waals surface area contributed by atoms with Crippen LogP contribution in [0.2, 0.25) is 0 Å². The van der Waals surface area contributed by atoms with Gasteiger partial charge >= 0.3 is 0 Å². The van der Waals surface area contributed by atoms with E-state index in [1.807, 2.05) is 4.90 Å². The Morgan fingerprint density at radius 1 is 1.50 bits per heavy atom. The molecule has 1 atom stereocenters. The van der Waals surface area contributed by atoms with E-state index in [1.54, 1.807) is 6.92 Å². The number of nitrogens with two attached hydrogens (primary N) is 1. The van der Waals surface area contributed by atoms with Crippen LogP contribution in [-0.2, 0) is 4.79 Å². The minimum atomic E-state index is -0.387. The van der Waals surface area contributed by atoms with E-state index in [1.165, 1.54) is 6.42 Å². The van der Waals surface area contributed by atoms with Crippen LogP contribution >= 0.6 is 11.8 Å². The molecule has 0 bridgehead atoms. The molecule has 1 aromatic heterocycles. The summed E-state index contributed by atoms with van der Waals surface area (Å²) in [6, 6.07) is 0. The molecule has 0 unspecified atom stereocenters. The van der Waals surface area contributed by atoms with Crippen molar-refractivity contribution in [2.24, 2.45) is 5.92 Å². The molecule has 0 spiro atoms. The molecule has 2 N–H and O–H groups in total. The SMILES string of the molecule is Cc1nnc(SCC(=O)N2CCC[C@H](C)C2)n(N)c1=O. The third-order valence-electron chi connectivity index (χ3n) is 3.35. The third-order valence-corrected chi connectivity index (χ3v) is 4.28. The Kier molecular flexibility index (Phi) is 4.64. The smallest absolute Gasteiger partial charge is 0.294 e. The zero-order valence-electron chi connectivity index (χ0n) is 11.7. The standard InChI is InChI=1S/C12H19N5O2S/c1-8-4-3-5-16(6-8)10(18)7-20-12-15-14-9(2)11(19)17(12)13/h8H,3-7,13H2,1-2H3/t8-/m0/s1. The number of rotatable bonds is 3. The maximum atomic E-state index is 12.1. The van der Waals surface area contributed by atoms with Crippen LogP contribution in [0.15, 0.2) is 9.95 Å². The van der Waals surface area contributed by atoms with Crippen LogP contribution in [0.1, 0.15) is 25.5 Å². The Bertz CT molecular complexity index is 559. The predicted molar refractivity (Wildman–Crippen MR) is 76.9 cm³/mol. The molecule has 0 saturated carbocycles. The Labute approximate surface area is 121 Å². The molecule has 1 amide bonds. The molecule has 0 radical (unpaired) electrons. The normalized spacial score (nSPS) is 19.1. The van der Waals surface area contributed by atoms with E-state index in [-0.39, 0.29) is 28.1 Å². The molecular weight excluding hydrogens is 278 g/mol. The van der Waals surface area contributed by atoms with Crippen LogP contribution in [0.3, 0.4) is 0 Å². The zero-order chi connectivity index (χ0) is 14.7. The maximum absolute atomic E-state index is 12.1. The summed E-state index contributed by atoms with van der Waals surface area (Å²) >= 11 is 1.15. The monoisotopic (exact) mass is 297 g/mol. The molecule has 1 fully saturated rings. The second-order valence-electron chi connectivity index (χ2n) is 5.12. The summed E-state index contributed by atoms with van der Waals surface area (Å²) in [5.41, 5.74) is -0.144. The van der Waals surface area contributed by atoms with Crippen LogP contribution in [0, 0.1) is 12.8 Å². The number of likely N-dealkylation sites (tertiary alicyclic amines) is 1. The summed E-state index contributed by atoms with van der Waals surface area (Å²) in [6.07, 6.45) is 2.21. The highest BCUT2D eigenvalue weighted by Gasteiger charge is 2.21. The highest BCUT2D eigenvalue weighted by molar-refractivity contribution is 7.99. The average Bonchev–Trinajstić information content (AvgIpc) is 2.44. The first-order chi connectivity index (χ1) is 9.49. The van der Waals surface area contributed by atoms with Crippen molar-refractivity contribution < 1.29 is 4.79 Å². The van der Waals surface area contributed by atoms with Gasteiger partial charge in [-0.3, -0.25) is 9.59 Å². The van der Waals surface area contributed by atoms with Gasteiger partial charge in [0.1, 0.15) is 5.69 Å². The molecule has 0 aromatic carbocycles. The molecule has 1 aromatic rings. The molecule has 2 heterocycles. The largest absolute Gasteiger partial charge is 0.342 e. The van der Waals surface area contributed by atoms with Crippen molar-refractivity contribution in [2.75, 3.05) is 24.7 Å². The quantitative estimate of drug-likeness (QED) is 0.624. The number of hydrogen-bond donors (Lipinski definition) is 1. The van der Waals surface area contributed by atoms with Crippen LogP contribution < -0.4 is 11.4 Å². The third kappa shape index (κ3) is 3.30. The van der Waals surface area contributed by atoms with Crippen LogP contribution in [-0.4, -0.2) is 44.5 Å². The number of hydrogen-bond acceptors (Lipinski definition) is 6. The summed E-state index contributed by atoms with van der Waals surface area (Å²) < 4.78 is 0.944. The van der Waals surface area contributed by atoms with Crippen molar-refractivity contribution in [1.82, 2.24) is 19.8 Å². The molecule has 7 nitrogen and oxygen atoms in total. The van der Waals surface area contributed by atoms with Gasteiger partial charge in [0.05, 0.1) is 5.75 Å². The van der Waals surface area contributed by atoms with Crippen molar-refractivity contribution in [3.63, 3.8) is 0 Å². The Hall–Kier alpha value is -1.57. The van der Waals surface area contributed by atoms with Crippen LogP contribution in [0.5, 0.6) is 0 Å². The van der Waals surface area contributed by atoms with E-state index in [0.717, 1.165) is 35.9 Å². The molecule has 20 heavy (non-hydrogen) atoms. The highest BCUT2D eigenvalue weighted by atomic mass is 32.2. The fraction of sp³-hybridized carbons (Fsp3) is 0.667. The van der Waals surface area contributed by atoms with E-state index >= 15 is 0 Å². The maximum Gasteiger partial charge on any atom is 0.294 e. The average molecular weight is 297 g/mol. The van der Waals surface area contributed by atoms with Gasteiger partial charge in [0.15, 0.2) is 0 Å². The van der Waals surface area contributed by atoms with Gasteiger partial charge < -0.3 is 10.7 Å². The first-order valence-corrected chi connectivity index (χ1v) is 7.59. The van der Waals surface area contributed by atoms with E-state index in [2.05, 4.69) is 17.1 Å². The van der Waals surface area contributed by atoms with Crippen LogP contribution in [0.25, 0.3) is 0 Å². The lowest BCUT2D eigenvalue weighted by Crippen LogP contribution is -2.40. The lowest BCUT2D eigenvalue weighted by atomic mass is 10.0. The van der Waals surface area contributed by atoms with Crippen molar-refractivity contribution in [2.45, 2.75) is 31.8 Å². The second-order valence-corrected chi connectivity index (χ2v) is 6.06. The Morgan fingerprint density at radius 2 is 2.25 bits per heavy atom. The number of aromatic nitrogens is 3. The van der Waals surface area contributed by atoms with Crippen molar-refractivity contribution >= 4 is 17.7 Å². The number of thioether (sulfide) groups is 1. The molecule has 110 valence electrons. The molecule has 1 aliphatic heterocycles. The van der Waals surface area contributed by atoms with E-state index < -0.39 is 0 Å². The lowest BCUT2D eigenvalue weighted by Gasteiger charge is -2.30. The summed E-state index contributed by atoms with van der Waals surface area (Å²) in [6.45, 7) is 5.30. The van der Waals surface area contributed by atoms with Gasteiger partial charge in [-0.15, -0.1) is 10.2 Å². The Balaban J connectivity index is 1.97. The van der Waals surface area contributed by atoms with Gasteiger partial charge in [0.2, 0.25) is 11.1 Å². The van der Waals surface area contributed by atoms with Gasteiger partial charge in [-0.2, -0.15) is 4.68 Å². The minimum Gasteiger partial charge on any atom is -0.342 e. The fourth-order valence-electron chi connectivity index (χ4n) is 2.20. The van der Waals surface area contributed by atoms with Crippen molar-refractivity contribution in [3.8, 4) is 0 Å². The fourth-order valence-corrected chi connectivity index (χ4v) is 2.96. The van der Waals surface area contributed by atoms with Gasteiger partial charge in [-0.1, -0.05) is 18.7 Å². The first-order valence-electron chi connectivity index (χ1n) is 6.61. The minimum absolute atomic E-state index is 0.0522. The number of nitrogens with zero attached hydrogens (tertiary/aromatic N) is 4. The summed E-state index contributed by atoms with van der Waals surface area (Å²) in [5.74, 6) is 6.45. The number of carbonyl (C=O) groups excluding carboxylic acids is 1. The lowest BCUT2D eigenvalue weighted by molar-refractivity contribution is -0.130. The summed E-state index contributed by atoms with van der Waals surface area (Å²) in [4.78, 5) is 25.6. The predicted octanol–water partition coefficient (Wildman–Crippen LogP) is 0.0111. The zero-order valence-corrected chi connectivity index (χ0v) is 12.5. The van der Waals surface area contributed by atoms with Crippen LogP contribution in [0.4, 0.5) is 0 Å². The summed E-state index contributed by atoms with van der Waals surface area (Å²) in [7, 11) is 0.